The van der Waals surface area contributed by atoms with Gasteiger partial charge in [0, 0.05) is 24.5 Å². The van der Waals surface area contributed by atoms with Gasteiger partial charge in [0.15, 0.2) is 0 Å². The zero-order valence-corrected chi connectivity index (χ0v) is 13.4. The van der Waals surface area contributed by atoms with Gasteiger partial charge >= 0.3 is 6.09 Å². The normalized spacial score (nSPS) is 12.7. The van der Waals surface area contributed by atoms with Crippen molar-refractivity contribution in [1.29, 1.82) is 5.26 Å². The molecule has 8 nitrogen and oxygen atoms in total. The summed E-state index contributed by atoms with van der Waals surface area (Å²) >= 11 is 0. The first-order valence-electron chi connectivity index (χ1n) is 7.63. The Morgan fingerprint density at radius 2 is 1.92 bits per heavy atom. The van der Waals surface area contributed by atoms with Gasteiger partial charge in [0.25, 0.3) is 0 Å². The first kappa shape index (κ1) is 18.3. The van der Waals surface area contributed by atoms with E-state index in [4.69, 9.17) is 10.00 Å². The number of nitrogens with one attached hydrogen (secondary N) is 1. The van der Waals surface area contributed by atoms with Crippen molar-refractivity contribution in [2.75, 3.05) is 6.54 Å². The number of benzene rings is 1. The molecule has 0 saturated carbocycles. The number of nitrogens with zero attached hydrogens (tertiary/aromatic N) is 3. The van der Waals surface area contributed by atoms with E-state index in [-0.39, 0.29) is 31.0 Å². The van der Waals surface area contributed by atoms with Crippen LogP contribution in [0.3, 0.4) is 0 Å². The highest BCUT2D eigenvalue weighted by molar-refractivity contribution is 5.67. The van der Waals surface area contributed by atoms with Crippen molar-refractivity contribution in [1.82, 2.24) is 15.3 Å². The number of carbonyl (C=O) groups excluding carboxylic acids is 1. The molecule has 1 aromatic carbocycles. The summed E-state index contributed by atoms with van der Waals surface area (Å²) in [5, 5.41) is 31.1. The van der Waals surface area contributed by atoms with E-state index in [1.165, 1.54) is 12.4 Å². The Bertz CT molecular complexity index is 716. The maximum Gasteiger partial charge on any atom is 0.407 e. The second kappa shape index (κ2) is 9.32. The molecule has 0 aliphatic heterocycles. The molecule has 1 amide bonds. The van der Waals surface area contributed by atoms with E-state index >= 15 is 0 Å². The van der Waals surface area contributed by atoms with Crippen molar-refractivity contribution in [2.45, 2.75) is 25.2 Å². The molecule has 1 aromatic heterocycles. The molecule has 3 N–H and O–H groups in total. The number of aliphatic hydroxyl groups is 2. The summed E-state index contributed by atoms with van der Waals surface area (Å²) in [6.07, 6.45) is -0.267. The molecule has 0 bridgehead atoms. The molecule has 2 rings (SSSR count). The van der Waals surface area contributed by atoms with Crippen LogP contribution in [0.5, 0.6) is 0 Å². The second-order valence-electron chi connectivity index (χ2n) is 5.24. The van der Waals surface area contributed by atoms with E-state index in [2.05, 4.69) is 15.3 Å². The molecule has 1 heterocycles. The third-order valence-corrected chi connectivity index (χ3v) is 3.40. The number of carbonyl (C=O) groups is 1. The summed E-state index contributed by atoms with van der Waals surface area (Å²) in [4.78, 5) is 19.0. The smallest absolute Gasteiger partial charge is 0.407 e. The predicted octanol–water partition coefficient (Wildman–Crippen LogP) is 1.06. The Morgan fingerprint density at radius 1 is 1.24 bits per heavy atom. The van der Waals surface area contributed by atoms with Crippen LogP contribution in [0.2, 0.25) is 0 Å². The van der Waals surface area contributed by atoms with Gasteiger partial charge < -0.3 is 20.3 Å². The largest absolute Gasteiger partial charge is 0.445 e. The Labute approximate surface area is 144 Å². The number of nitriles is 1. The lowest BCUT2D eigenvalue weighted by molar-refractivity contribution is 0.0132. The number of aromatic nitrogens is 2. The standard InChI is InChI=1S/C17H18N4O4/c18-8-15-20-9-13(10-21-15)16(23)14(22)6-7-19-17(24)25-11-12-4-2-1-3-5-12/h1-5,9-10,14,16,22-23H,6-7,11H2,(H,19,24). The van der Waals surface area contributed by atoms with Crippen LogP contribution in [-0.2, 0) is 11.3 Å². The lowest BCUT2D eigenvalue weighted by Crippen LogP contribution is -2.29. The molecule has 0 radical (unpaired) electrons. The average Bonchev–Trinajstić information content (AvgIpc) is 2.66. The fourth-order valence-corrected chi connectivity index (χ4v) is 2.02. The SMILES string of the molecule is N#Cc1ncc(C(O)C(O)CCNC(=O)OCc2ccccc2)cn1. The van der Waals surface area contributed by atoms with E-state index in [0.29, 0.717) is 0 Å². The summed E-state index contributed by atoms with van der Waals surface area (Å²) < 4.78 is 5.04. The van der Waals surface area contributed by atoms with Crippen molar-refractivity contribution >= 4 is 6.09 Å². The molecule has 130 valence electrons. The van der Waals surface area contributed by atoms with Crippen LogP contribution in [0.1, 0.15) is 29.5 Å². The van der Waals surface area contributed by atoms with Gasteiger partial charge in [-0.1, -0.05) is 30.3 Å². The van der Waals surface area contributed by atoms with E-state index < -0.39 is 18.3 Å². The van der Waals surface area contributed by atoms with Gasteiger partial charge in [0.05, 0.1) is 6.10 Å². The minimum absolute atomic E-state index is 0.0201. The number of ether oxygens (including phenoxy) is 1. The molecule has 0 aliphatic carbocycles. The highest BCUT2D eigenvalue weighted by Crippen LogP contribution is 2.17. The minimum Gasteiger partial charge on any atom is -0.445 e. The topological polar surface area (TPSA) is 128 Å². The highest BCUT2D eigenvalue weighted by Gasteiger charge is 2.19. The Hall–Kier alpha value is -3.02. The second-order valence-corrected chi connectivity index (χ2v) is 5.24. The van der Waals surface area contributed by atoms with Gasteiger partial charge in [-0.2, -0.15) is 5.26 Å². The Kier molecular flexibility index (Phi) is 6.83. The molecule has 2 unspecified atom stereocenters. The van der Waals surface area contributed by atoms with Crippen LogP contribution in [0.25, 0.3) is 0 Å². The number of aliphatic hydroxyl groups excluding tert-OH is 2. The number of hydrogen-bond donors (Lipinski definition) is 3. The first-order chi connectivity index (χ1) is 12.1. The van der Waals surface area contributed by atoms with Crippen molar-refractivity contribution in [2.24, 2.45) is 0 Å². The number of rotatable bonds is 7. The zero-order valence-electron chi connectivity index (χ0n) is 13.4. The Balaban J connectivity index is 1.71. The van der Waals surface area contributed by atoms with E-state index in [0.717, 1.165) is 5.56 Å². The molecule has 0 aliphatic rings. The monoisotopic (exact) mass is 342 g/mol. The van der Waals surface area contributed by atoms with Crippen LogP contribution in [0, 0.1) is 11.3 Å². The molecule has 2 atom stereocenters. The third kappa shape index (κ3) is 5.84. The van der Waals surface area contributed by atoms with E-state index in [1.807, 2.05) is 30.3 Å². The van der Waals surface area contributed by atoms with Crippen molar-refractivity contribution in [3.05, 3.63) is 59.7 Å². The molecular formula is C17H18N4O4. The van der Waals surface area contributed by atoms with Crippen molar-refractivity contribution < 1.29 is 19.7 Å². The van der Waals surface area contributed by atoms with Gasteiger partial charge in [0.2, 0.25) is 5.82 Å². The highest BCUT2D eigenvalue weighted by atomic mass is 16.5. The predicted molar refractivity (Wildman–Crippen MR) is 87.0 cm³/mol. The average molecular weight is 342 g/mol. The fraction of sp³-hybridized carbons (Fsp3) is 0.294. The summed E-state index contributed by atoms with van der Waals surface area (Å²) in [6, 6.07) is 11.0. The minimum atomic E-state index is -1.21. The summed E-state index contributed by atoms with van der Waals surface area (Å²) in [5.41, 5.74) is 1.16. The molecule has 0 saturated heterocycles. The molecule has 2 aromatic rings. The van der Waals surface area contributed by atoms with Gasteiger partial charge in [0.1, 0.15) is 18.8 Å². The number of amides is 1. The molecule has 8 heteroatoms. The van der Waals surface area contributed by atoms with Crippen LogP contribution in [0.4, 0.5) is 4.79 Å². The first-order valence-corrected chi connectivity index (χ1v) is 7.63. The van der Waals surface area contributed by atoms with Gasteiger partial charge in [-0.05, 0) is 12.0 Å². The summed E-state index contributed by atoms with van der Waals surface area (Å²) in [7, 11) is 0. The summed E-state index contributed by atoms with van der Waals surface area (Å²) in [6.45, 7) is 0.281. The van der Waals surface area contributed by atoms with Crippen LogP contribution in [0.15, 0.2) is 42.7 Å². The van der Waals surface area contributed by atoms with Gasteiger partial charge in [-0.15, -0.1) is 0 Å². The van der Waals surface area contributed by atoms with Crippen molar-refractivity contribution in [3.8, 4) is 6.07 Å². The molecule has 0 spiro atoms. The van der Waals surface area contributed by atoms with Crippen LogP contribution >= 0.6 is 0 Å². The lowest BCUT2D eigenvalue weighted by atomic mass is 10.1. The van der Waals surface area contributed by atoms with Gasteiger partial charge in [-0.3, -0.25) is 0 Å². The van der Waals surface area contributed by atoms with Crippen molar-refractivity contribution in [3.63, 3.8) is 0 Å². The number of hydrogen-bond acceptors (Lipinski definition) is 7. The van der Waals surface area contributed by atoms with Crippen LogP contribution in [-0.4, -0.2) is 38.9 Å². The van der Waals surface area contributed by atoms with Crippen LogP contribution < -0.4 is 5.32 Å². The summed E-state index contributed by atoms with van der Waals surface area (Å²) in [5.74, 6) is -0.0201. The zero-order chi connectivity index (χ0) is 18.1. The Morgan fingerprint density at radius 3 is 2.56 bits per heavy atom. The molecule has 0 fully saturated rings. The quantitative estimate of drug-likeness (QED) is 0.686. The van der Waals surface area contributed by atoms with E-state index in [1.54, 1.807) is 6.07 Å². The van der Waals surface area contributed by atoms with E-state index in [9.17, 15) is 15.0 Å². The lowest BCUT2D eigenvalue weighted by Gasteiger charge is -2.17. The maximum absolute atomic E-state index is 11.6. The maximum atomic E-state index is 11.6. The number of alkyl carbamates (subject to hydrolysis) is 1. The molecular weight excluding hydrogens is 324 g/mol. The molecule has 25 heavy (non-hydrogen) atoms. The third-order valence-electron chi connectivity index (χ3n) is 3.40. The van der Waals surface area contributed by atoms with Gasteiger partial charge in [-0.25, -0.2) is 14.8 Å². The fourth-order valence-electron chi connectivity index (χ4n) is 2.02.